The second-order valence-corrected chi connectivity index (χ2v) is 12.6. The first-order valence-electron chi connectivity index (χ1n) is 13.4. The molecule has 0 aromatic heterocycles. The zero-order valence-corrected chi connectivity index (χ0v) is 24.1. The molecule has 41 heavy (non-hydrogen) atoms. The van der Waals surface area contributed by atoms with E-state index >= 15 is 0 Å². The number of hydrogen-bond donors (Lipinski definition) is 0. The number of methoxy groups -OCH3 is 1. The van der Waals surface area contributed by atoms with Gasteiger partial charge in [0.2, 0.25) is 10.0 Å². The number of carbonyl (C=O) groups is 1. The highest BCUT2D eigenvalue weighted by molar-refractivity contribution is 7.89. The Balaban J connectivity index is 1.30. The van der Waals surface area contributed by atoms with Gasteiger partial charge in [0.15, 0.2) is 0 Å². The van der Waals surface area contributed by atoms with Gasteiger partial charge in [0.25, 0.3) is 5.91 Å². The van der Waals surface area contributed by atoms with E-state index in [4.69, 9.17) is 21.1 Å². The van der Waals surface area contributed by atoms with Crippen molar-refractivity contribution in [3.63, 3.8) is 0 Å². The van der Waals surface area contributed by atoms with Gasteiger partial charge in [-0.15, -0.1) is 0 Å². The molecule has 0 aliphatic carbocycles. The van der Waals surface area contributed by atoms with Crippen molar-refractivity contribution in [3.8, 4) is 5.75 Å². The number of rotatable bonds is 7. The van der Waals surface area contributed by atoms with E-state index in [0.29, 0.717) is 19.0 Å². The van der Waals surface area contributed by atoms with Crippen molar-refractivity contribution < 1.29 is 31.5 Å². The summed E-state index contributed by atoms with van der Waals surface area (Å²) in [5, 5.41) is 0.0333. The van der Waals surface area contributed by atoms with E-state index < -0.39 is 33.7 Å². The van der Waals surface area contributed by atoms with Crippen LogP contribution in [0.15, 0.2) is 65.6 Å². The summed E-state index contributed by atoms with van der Waals surface area (Å²) in [6, 6.07) is 16.1. The van der Waals surface area contributed by atoms with Gasteiger partial charge < -0.3 is 14.4 Å². The molecule has 1 amide bonds. The lowest BCUT2D eigenvalue weighted by Crippen LogP contribution is -2.42. The fraction of sp³-hybridized carbons (Fsp3) is 0.367. The lowest BCUT2D eigenvalue weighted by molar-refractivity contribution is -0.0253. The van der Waals surface area contributed by atoms with Gasteiger partial charge in [-0.05, 0) is 48.9 Å². The number of halogens is 3. The summed E-state index contributed by atoms with van der Waals surface area (Å²) < 4.78 is 67.9. The smallest absolute Gasteiger partial charge is 0.254 e. The number of benzene rings is 3. The van der Waals surface area contributed by atoms with Gasteiger partial charge in [0.1, 0.15) is 28.4 Å². The summed E-state index contributed by atoms with van der Waals surface area (Å²) in [5.74, 6) is -1.72. The summed E-state index contributed by atoms with van der Waals surface area (Å²) in [6.45, 7) is 1.01. The summed E-state index contributed by atoms with van der Waals surface area (Å²) in [4.78, 5) is 14.8. The number of carbonyl (C=O) groups excluding carboxylic acids is 1. The van der Waals surface area contributed by atoms with Crippen LogP contribution in [-0.4, -0.2) is 63.4 Å². The van der Waals surface area contributed by atoms with E-state index in [1.54, 1.807) is 0 Å². The molecule has 3 aromatic carbocycles. The summed E-state index contributed by atoms with van der Waals surface area (Å²) in [6.07, 6.45) is 1.45. The molecule has 0 radical (unpaired) electrons. The Morgan fingerprint density at radius 1 is 1.05 bits per heavy atom. The molecule has 2 saturated heterocycles. The summed E-state index contributed by atoms with van der Waals surface area (Å²) in [7, 11) is -2.65. The molecule has 0 saturated carbocycles. The van der Waals surface area contributed by atoms with Crippen LogP contribution >= 0.6 is 11.6 Å². The lowest BCUT2D eigenvalue weighted by Gasteiger charge is -2.34. The van der Waals surface area contributed by atoms with E-state index in [1.165, 1.54) is 40.1 Å². The van der Waals surface area contributed by atoms with Crippen LogP contribution in [0.25, 0.3) is 0 Å². The highest BCUT2D eigenvalue weighted by atomic mass is 35.5. The van der Waals surface area contributed by atoms with E-state index in [2.05, 4.69) is 12.1 Å². The van der Waals surface area contributed by atoms with Gasteiger partial charge in [-0.25, -0.2) is 17.2 Å². The van der Waals surface area contributed by atoms with Crippen molar-refractivity contribution in [2.75, 3.05) is 39.9 Å². The van der Waals surface area contributed by atoms with Crippen molar-refractivity contribution in [2.45, 2.75) is 30.3 Å². The third-order valence-electron chi connectivity index (χ3n) is 7.69. The molecular weight excluding hydrogens is 574 g/mol. The minimum absolute atomic E-state index is 0.0152. The van der Waals surface area contributed by atoms with Crippen LogP contribution in [0.3, 0.4) is 0 Å². The van der Waals surface area contributed by atoms with Crippen molar-refractivity contribution in [2.24, 2.45) is 5.92 Å². The molecule has 7 nitrogen and oxygen atoms in total. The van der Waals surface area contributed by atoms with Crippen LogP contribution < -0.4 is 4.74 Å². The van der Waals surface area contributed by atoms with Crippen LogP contribution in [0.5, 0.6) is 5.75 Å². The molecule has 5 rings (SSSR count). The van der Waals surface area contributed by atoms with Crippen molar-refractivity contribution >= 4 is 27.5 Å². The van der Waals surface area contributed by atoms with Crippen LogP contribution in [0.1, 0.15) is 40.4 Å². The Labute approximate surface area is 243 Å². The Bertz CT molecular complexity index is 1510. The average Bonchev–Trinajstić information content (AvgIpc) is 2.97. The number of hydrogen-bond acceptors (Lipinski definition) is 5. The molecular formula is C30H31ClF2N2O5S. The second-order valence-electron chi connectivity index (χ2n) is 10.3. The molecule has 2 heterocycles. The van der Waals surface area contributed by atoms with E-state index in [0.717, 1.165) is 31.4 Å². The number of amides is 1. The maximum Gasteiger partial charge on any atom is 0.254 e. The molecule has 1 unspecified atom stereocenters. The zero-order valence-electron chi connectivity index (χ0n) is 22.6. The standard InChI is InChI=1S/C30H31ClF2N2O5S/c1-39-26-18-23(32)17-25(33)29(26)27-19-34(13-14-40-27)30(36)22-7-8-24(31)28(16-22)41(37,38)35-11-9-21(10-12-35)15-20-5-3-2-4-6-20/h2-8,16-18,21,27H,9-15,19H2,1H3. The number of nitrogens with zero attached hydrogens (tertiary/aromatic N) is 2. The average molecular weight is 605 g/mol. The number of piperidine rings is 1. The molecule has 11 heteroatoms. The van der Waals surface area contributed by atoms with Gasteiger partial charge in [-0.1, -0.05) is 41.9 Å². The van der Waals surface area contributed by atoms with Gasteiger partial charge in [-0.2, -0.15) is 4.31 Å². The first-order chi connectivity index (χ1) is 19.7. The van der Waals surface area contributed by atoms with E-state index in [-0.39, 0.29) is 46.5 Å². The SMILES string of the molecule is COc1cc(F)cc(F)c1C1CN(C(=O)c2ccc(Cl)c(S(=O)(=O)N3CCC(Cc4ccccc4)CC3)c2)CCO1. The highest BCUT2D eigenvalue weighted by Gasteiger charge is 2.34. The molecule has 2 aliphatic rings. The van der Waals surface area contributed by atoms with E-state index in [9.17, 15) is 22.0 Å². The van der Waals surface area contributed by atoms with Gasteiger partial charge in [0, 0.05) is 37.3 Å². The quantitative estimate of drug-likeness (QED) is 0.357. The predicted octanol–water partition coefficient (Wildman–Crippen LogP) is 5.48. The third-order valence-corrected chi connectivity index (χ3v) is 10.1. The summed E-state index contributed by atoms with van der Waals surface area (Å²) >= 11 is 6.36. The summed E-state index contributed by atoms with van der Waals surface area (Å²) in [5.41, 5.74) is 1.38. The monoisotopic (exact) mass is 604 g/mol. The van der Waals surface area contributed by atoms with Crippen molar-refractivity contribution in [3.05, 3.63) is 94.0 Å². The maximum atomic E-state index is 14.7. The fourth-order valence-corrected chi connectivity index (χ4v) is 7.48. The Hall–Kier alpha value is -3.05. The molecule has 2 aliphatic heterocycles. The van der Waals surface area contributed by atoms with Crippen LogP contribution in [0.2, 0.25) is 5.02 Å². The Kier molecular flexibility index (Phi) is 8.94. The zero-order chi connectivity index (χ0) is 29.1. The number of sulfonamides is 1. The molecule has 218 valence electrons. The first-order valence-corrected chi connectivity index (χ1v) is 15.3. The van der Waals surface area contributed by atoms with Crippen molar-refractivity contribution in [1.82, 2.24) is 9.21 Å². The van der Waals surface area contributed by atoms with Gasteiger partial charge in [-0.3, -0.25) is 4.79 Å². The van der Waals surface area contributed by atoms with E-state index in [1.807, 2.05) is 18.2 Å². The maximum absolute atomic E-state index is 14.7. The highest BCUT2D eigenvalue weighted by Crippen LogP contribution is 2.35. The minimum atomic E-state index is -3.94. The molecule has 0 spiro atoms. The fourth-order valence-electron chi connectivity index (χ4n) is 5.51. The topological polar surface area (TPSA) is 76.2 Å². The van der Waals surface area contributed by atoms with Gasteiger partial charge in [0.05, 0.1) is 30.8 Å². The Morgan fingerprint density at radius 3 is 2.49 bits per heavy atom. The predicted molar refractivity (Wildman–Crippen MR) is 151 cm³/mol. The van der Waals surface area contributed by atoms with Crippen LogP contribution in [-0.2, 0) is 21.2 Å². The minimum Gasteiger partial charge on any atom is -0.496 e. The lowest BCUT2D eigenvalue weighted by atomic mass is 9.91. The van der Waals surface area contributed by atoms with Gasteiger partial charge >= 0.3 is 0 Å². The Morgan fingerprint density at radius 2 is 1.78 bits per heavy atom. The molecule has 1 atom stereocenters. The van der Waals surface area contributed by atoms with Crippen molar-refractivity contribution in [1.29, 1.82) is 0 Å². The molecule has 0 bridgehead atoms. The normalized spacial score (nSPS) is 18.8. The first kappa shape index (κ1) is 29.4. The number of ether oxygens (including phenoxy) is 2. The molecule has 2 fully saturated rings. The number of morpholine rings is 1. The molecule has 0 N–H and O–H groups in total. The third kappa shape index (κ3) is 6.40. The van der Waals surface area contributed by atoms with Crippen LogP contribution in [0.4, 0.5) is 8.78 Å². The molecule has 3 aromatic rings. The second kappa shape index (κ2) is 12.4. The van der Waals surface area contributed by atoms with Crippen LogP contribution in [0, 0.1) is 17.6 Å². The largest absolute Gasteiger partial charge is 0.496 e.